The zero-order chi connectivity index (χ0) is 21.1. The number of benzene rings is 1. The molecule has 0 unspecified atom stereocenters. The maximum atomic E-state index is 13.8. The highest BCUT2D eigenvalue weighted by Crippen LogP contribution is 2.20. The molecule has 0 saturated carbocycles. The van der Waals surface area contributed by atoms with Gasteiger partial charge in [-0.2, -0.15) is 4.98 Å². The number of amides is 1. The van der Waals surface area contributed by atoms with Crippen LogP contribution in [0.25, 0.3) is 0 Å². The van der Waals surface area contributed by atoms with Crippen molar-refractivity contribution in [3.8, 4) is 0 Å². The predicted molar refractivity (Wildman–Crippen MR) is 109 cm³/mol. The molecule has 2 aliphatic rings. The minimum atomic E-state index is -0.686. The normalized spacial score (nSPS) is 17.4. The van der Waals surface area contributed by atoms with Crippen LogP contribution in [0.15, 0.2) is 24.3 Å². The Morgan fingerprint density at radius 2 is 1.73 bits per heavy atom. The number of carbonyl (C=O) groups excluding carboxylic acids is 1. The molecule has 0 atom stereocenters. The van der Waals surface area contributed by atoms with Gasteiger partial charge in [0.25, 0.3) is 0 Å². The first-order chi connectivity index (χ1) is 14.5. The van der Waals surface area contributed by atoms with Crippen LogP contribution in [-0.4, -0.2) is 73.3 Å². The van der Waals surface area contributed by atoms with Crippen molar-refractivity contribution in [1.82, 2.24) is 14.9 Å². The number of morpholine rings is 1. The van der Waals surface area contributed by atoms with Crippen LogP contribution in [0.3, 0.4) is 0 Å². The van der Waals surface area contributed by atoms with E-state index in [2.05, 4.69) is 14.8 Å². The lowest BCUT2D eigenvalue weighted by molar-refractivity contribution is -0.130. The molecule has 160 valence electrons. The van der Waals surface area contributed by atoms with Crippen molar-refractivity contribution in [2.24, 2.45) is 0 Å². The zero-order valence-corrected chi connectivity index (χ0v) is 17.0. The fourth-order valence-electron chi connectivity index (χ4n) is 3.73. The van der Waals surface area contributed by atoms with Gasteiger partial charge in [0.05, 0.1) is 19.6 Å². The molecule has 0 bridgehead atoms. The second kappa shape index (κ2) is 8.91. The van der Waals surface area contributed by atoms with Crippen molar-refractivity contribution < 1.29 is 18.3 Å². The van der Waals surface area contributed by atoms with Crippen LogP contribution >= 0.6 is 0 Å². The average Bonchev–Trinajstić information content (AvgIpc) is 2.76. The molecule has 7 nitrogen and oxygen atoms in total. The van der Waals surface area contributed by atoms with E-state index in [1.807, 2.05) is 13.0 Å². The summed E-state index contributed by atoms with van der Waals surface area (Å²) in [6.07, 6.45) is -0.0695. The molecule has 1 amide bonds. The molecule has 4 rings (SSSR count). The summed E-state index contributed by atoms with van der Waals surface area (Å²) < 4.78 is 32.3. The Morgan fingerprint density at radius 3 is 2.43 bits per heavy atom. The molecule has 1 aromatic heterocycles. The van der Waals surface area contributed by atoms with Crippen molar-refractivity contribution in [2.75, 3.05) is 62.3 Å². The molecule has 0 spiro atoms. The molecule has 2 saturated heterocycles. The number of hydrogen-bond acceptors (Lipinski definition) is 6. The molecule has 1 aromatic carbocycles. The van der Waals surface area contributed by atoms with Crippen LogP contribution in [0.5, 0.6) is 0 Å². The van der Waals surface area contributed by atoms with Gasteiger partial charge in [-0.05, 0) is 18.6 Å². The third kappa shape index (κ3) is 4.67. The molecule has 2 aliphatic heterocycles. The quantitative estimate of drug-likeness (QED) is 0.756. The summed E-state index contributed by atoms with van der Waals surface area (Å²) in [6, 6.07) is 5.27. The van der Waals surface area contributed by atoms with Crippen molar-refractivity contribution in [2.45, 2.75) is 13.3 Å². The Bertz CT molecular complexity index is 912. The van der Waals surface area contributed by atoms with E-state index >= 15 is 0 Å². The molecule has 0 radical (unpaired) electrons. The van der Waals surface area contributed by atoms with Gasteiger partial charge in [0, 0.05) is 57.1 Å². The molecule has 0 N–H and O–H groups in total. The Kier molecular flexibility index (Phi) is 6.08. The summed E-state index contributed by atoms with van der Waals surface area (Å²) in [5, 5.41) is 0. The number of aromatic nitrogens is 2. The Balaban J connectivity index is 1.38. The number of carbonyl (C=O) groups is 1. The highest BCUT2D eigenvalue weighted by molar-refractivity contribution is 5.79. The van der Waals surface area contributed by atoms with Crippen LogP contribution in [0.4, 0.5) is 20.5 Å². The third-order valence-corrected chi connectivity index (χ3v) is 5.44. The lowest BCUT2D eigenvalue weighted by Gasteiger charge is -2.36. The largest absolute Gasteiger partial charge is 0.378 e. The number of aryl methyl sites for hydroxylation is 1. The zero-order valence-electron chi connectivity index (χ0n) is 17.0. The first kappa shape index (κ1) is 20.5. The molecule has 0 aliphatic carbocycles. The van der Waals surface area contributed by atoms with E-state index in [0.717, 1.165) is 30.7 Å². The molecule has 30 heavy (non-hydrogen) atoms. The molecule has 2 fully saturated rings. The highest BCUT2D eigenvalue weighted by Gasteiger charge is 2.24. The molecule has 9 heteroatoms. The minimum Gasteiger partial charge on any atom is -0.378 e. The van der Waals surface area contributed by atoms with Crippen LogP contribution in [0.1, 0.15) is 11.3 Å². The number of nitrogens with zero attached hydrogens (tertiary/aromatic N) is 5. The van der Waals surface area contributed by atoms with Crippen LogP contribution in [0.2, 0.25) is 0 Å². The summed E-state index contributed by atoms with van der Waals surface area (Å²) in [7, 11) is 0. The van der Waals surface area contributed by atoms with Crippen LogP contribution in [-0.2, 0) is 16.0 Å². The van der Waals surface area contributed by atoms with E-state index in [0.29, 0.717) is 45.3 Å². The Labute approximate surface area is 174 Å². The van der Waals surface area contributed by atoms with Crippen LogP contribution < -0.4 is 9.80 Å². The van der Waals surface area contributed by atoms with E-state index in [4.69, 9.17) is 9.72 Å². The van der Waals surface area contributed by atoms with Gasteiger partial charge in [-0.25, -0.2) is 13.8 Å². The van der Waals surface area contributed by atoms with E-state index < -0.39 is 11.6 Å². The smallest absolute Gasteiger partial charge is 0.227 e. The molecular formula is C21H25F2N5O2. The summed E-state index contributed by atoms with van der Waals surface area (Å²) in [5.74, 6) is 0.0651. The van der Waals surface area contributed by atoms with Gasteiger partial charge in [0.1, 0.15) is 17.5 Å². The first-order valence-electron chi connectivity index (χ1n) is 10.1. The second-order valence-electron chi connectivity index (χ2n) is 7.55. The number of halogens is 2. The standard InChI is InChI=1S/C21H25F2N5O2/c1-15-12-19(25-21(24-15)28-8-10-30-11-9-28)26-4-6-27(7-5-26)20(29)13-16-2-3-17(22)14-18(16)23/h2-3,12,14H,4-11,13H2,1H3. The highest BCUT2D eigenvalue weighted by atomic mass is 19.1. The monoisotopic (exact) mass is 417 g/mol. The number of hydrogen-bond donors (Lipinski definition) is 0. The molecule has 3 heterocycles. The SMILES string of the molecule is Cc1cc(N2CCN(C(=O)Cc3ccc(F)cc3F)CC2)nc(N2CCOCC2)n1. The Hall–Kier alpha value is -2.81. The van der Waals surface area contributed by atoms with Gasteiger partial charge < -0.3 is 19.4 Å². The van der Waals surface area contributed by atoms with Crippen molar-refractivity contribution in [1.29, 1.82) is 0 Å². The minimum absolute atomic E-state index is 0.0695. The van der Waals surface area contributed by atoms with Gasteiger partial charge in [-0.3, -0.25) is 4.79 Å². The van der Waals surface area contributed by atoms with Crippen molar-refractivity contribution in [3.63, 3.8) is 0 Å². The summed E-state index contributed by atoms with van der Waals surface area (Å²) in [6.45, 7) is 7.15. The summed E-state index contributed by atoms with van der Waals surface area (Å²) in [5.41, 5.74) is 1.11. The van der Waals surface area contributed by atoms with Crippen LogP contribution in [0, 0.1) is 18.6 Å². The number of piperazine rings is 1. The van der Waals surface area contributed by atoms with E-state index in [1.54, 1.807) is 4.90 Å². The Morgan fingerprint density at radius 1 is 1.00 bits per heavy atom. The number of anilines is 2. The second-order valence-corrected chi connectivity index (χ2v) is 7.55. The summed E-state index contributed by atoms with van der Waals surface area (Å²) >= 11 is 0. The van der Waals surface area contributed by atoms with Gasteiger partial charge >= 0.3 is 0 Å². The lowest BCUT2D eigenvalue weighted by Crippen LogP contribution is -2.49. The fourth-order valence-corrected chi connectivity index (χ4v) is 3.73. The lowest BCUT2D eigenvalue weighted by atomic mass is 10.1. The van der Waals surface area contributed by atoms with Crippen molar-refractivity contribution >= 4 is 17.7 Å². The van der Waals surface area contributed by atoms with Gasteiger partial charge in [0.15, 0.2) is 0 Å². The van der Waals surface area contributed by atoms with Gasteiger partial charge in [0.2, 0.25) is 11.9 Å². The first-order valence-corrected chi connectivity index (χ1v) is 10.1. The van der Waals surface area contributed by atoms with E-state index in [9.17, 15) is 13.6 Å². The molecular weight excluding hydrogens is 392 g/mol. The third-order valence-electron chi connectivity index (χ3n) is 5.44. The predicted octanol–water partition coefficient (Wildman–Crippen LogP) is 1.79. The van der Waals surface area contributed by atoms with E-state index in [-0.39, 0.29) is 17.9 Å². The maximum absolute atomic E-state index is 13.8. The van der Waals surface area contributed by atoms with E-state index in [1.165, 1.54) is 12.1 Å². The summed E-state index contributed by atoms with van der Waals surface area (Å²) in [4.78, 5) is 27.8. The average molecular weight is 417 g/mol. The van der Waals surface area contributed by atoms with Gasteiger partial charge in [-0.1, -0.05) is 6.07 Å². The topological polar surface area (TPSA) is 61.8 Å². The maximum Gasteiger partial charge on any atom is 0.227 e. The number of ether oxygens (including phenoxy) is 1. The fraction of sp³-hybridized carbons (Fsp3) is 0.476. The number of rotatable bonds is 4. The van der Waals surface area contributed by atoms with Crippen molar-refractivity contribution in [3.05, 3.63) is 47.2 Å². The van der Waals surface area contributed by atoms with Gasteiger partial charge in [-0.15, -0.1) is 0 Å². The molecule has 2 aromatic rings.